The van der Waals surface area contributed by atoms with Gasteiger partial charge in [-0.2, -0.15) is 0 Å². The molecule has 0 aliphatic heterocycles. The van der Waals surface area contributed by atoms with Gasteiger partial charge in [0.15, 0.2) is 5.78 Å². The minimum atomic E-state index is -0.0894. The van der Waals surface area contributed by atoms with Gasteiger partial charge in [0, 0.05) is 16.7 Å². The van der Waals surface area contributed by atoms with Crippen molar-refractivity contribution in [3.05, 3.63) is 64.7 Å². The summed E-state index contributed by atoms with van der Waals surface area (Å²) in [6.07, 6.45) is 3.24. The van der Waals surface area contributed by atoms with Gasteiger partial charge >= 0.3 is 0 Å². The normalized spacial score (nSPS) is 10.6. The number of halogens is 1. The van der Waals surface area contributed by atoms with Crippen LogP contribution in [0.5, 0.6) is 11.5 Å². The molecule has 0 bridgehead atoms. The fourth-order valence-electron chi connectivity index (χ4n) is 1.81. The first-order chi connectivity index (χ1) is 10.1. The lowest BCUT2D eigenvalue weighted by molar-refractivity contribution is 0.104. The second-order valence-electron chi connectivity index (χ2n) is 4.35. The van der Waals surface area contributed by atoms with Gasteiger partial charge in [-0.25, -0.2) is 0 Å². The molecular formula is C17H15ClO3. The first kappa shape index (κ1) is 15.1. The van der Waals surface area contributed by atoms with Crippen molar-refractivity contribution in [1.82, 2.24) is 0 Å². The number of benzene rings is 2. The summed E-state index contributed by atoms with van der Waals surface area (Å²) in [6, 6.07) is 12.2. The fourth-order valence-corrected chi connectivity index (χ4v) is 1.93. The Kier molecular flexibility index (Phi) is 5.01. The molecule has 0 N–H and O–H groups in total. The van der Waals surface area contributed by atoms with E-state index in [1.807, 2.05) is 12.1 Å². The largest absolute Gasteiger partial charge is 0.497 e. The van der Waals surface area contributed by atoms with E-state index in [4.69, 9.17) is 21.1 Å². The van der Waals surface area contributed by atoms with E-state index in [2.05, 4.69) is 0 Å². The van der Waals surface area contributed by atoms with E-state index in [9.17, 15) is 4.79 Å². The van der Waals surface area contributed by atoms with Crippen LogP contribution in [0, 0.1) is 0 Å². The van der Waals surface area contributed by atoms with Gasteiger partial charge in [-0.15, -0.1) is 0 Å². The number of allylic oxidation sites excluding steroid dienone is 1. The number of carbonyl (C=O) groups is 1. The van der Waals surface area contributed by atoms with Gasteiger partial charge in [0.2, 0.25) is 0 Å². The summed E-state index contributed by atoms with van der Waals surface area (Å²) in [7, 11) is 3.17. The first-order valence-electron chi connectivity index (χ1n) is 6.33. The summed E-state index contributed by atoms with van der Waals surface area (Å²) >= 11 is 5.80. The van der Waals surface area contributed by atoms with Crippen molar-refractivity contribution in [2.24, 2.45) is 0 Å². The maximum absolute atomic E-state index is 12.0. The van der Waals surface area contributed by atoms with Crippen LogP contribution in [-0.2, 0) is 0 Å². The van der Waals surface area contributed by atoms with Crippen LogP contribution in [0.3, 0.4) is 0 Å². The van der Waals surface area contributed by atoms with Crippen molar-refractivity contribution in [3.63, 3.8) is 0 Å². The van der Waals surface area contributed by atoms with Gasteiger partial charge in [-0.05, 0) is 48.0 Å². The molecule has 0 saturated heterocycles. The third-order valence-electron chi connectivity index (χ3n) is 2.93. The summed E-state index contributed by atoms with van der Waals surface area (Å²) in [4.78, 5) is 12.0. The van der Waals surface area contributed by atoms with E-state index in [0.717, 1.165) is 5.56 Å². The van der Waals surface area contributed by atoms with Gasteiger partial charge < -0.3 is 9.47 Å². The summed E-state index contributed by atoms with van der Waals surface area (Å²) in [5.74, 6) is 1.26. The lowest BCUT2D eigenvalue weighted by Gasteiger charge is -2.05. The Hall–Kier alpha value is -2.26. The van der Waals surface area contributed by atoms with E-state index in [1.165, 1.54) is 6.08 Å². The van der Waals surface area contributed by atoms with E-state index in [0.29, 0.717) is 22.1 Å². The second kappa shape index (κ2) is 6.95. The molecule has 2 rings (SSSR count). The van der Waals surface area contributed by atoms with Crippen LogP contribution in [0.2, 0.25) is 5.02 Å². The Labute approximate surface area is 128 Å². The van der Waals surface area contributed by atoms with Gasteiger partial charge in [0.05, 0.1) is 14.2 Å². The van der Waals surface area contributed by atoms with Crippen LogP contribution >= 0.6 is 11.6 Å². The average molecular weight is 303 g/mol. The predicted molar refractivity (Wildman–Crippen MR) is 84.4 cm³/mol. The number of carbonyl (C=O) groups excluding carboxylic acids is 1. The zero-order valence-electron chi connectivity index (χ0n) is 11.8. The van der Waals surface area contributed by atoms with Gasteiger partial charge in [-0.1, -0.05) is 17.7 Å². The molecule has 0 heterocycles. The van der Waals surface area contributed by atoms with Crippen molar-refractivity contribution in [3.8, 4) is 11.5 Å². The van der Waals surface area contributed by atoms with Gasteiger partial charge in [0.1, 0.15) is 11.5 Å². The monoisotopic (exact) mass is 302 g/mol. The topological polar surface area (TPSA) is 35.5 Å². The fraction of sp³-hybridized carbons (Fsp3) is 0.118. The molecule has 0 amide bonds. The molecule has 0 spiro atoms. The first-order valence-corrected chi connectivity index (χ1v) is 6.71. The highest BCUT2D eigenvalue weighted by Crippen LogP contribution is 2.23. The zero-order valence-corrected chi connectivity index (χ0v) is 12.6. The molecule has 0 aliphatic carbocycles. The van der Waals surface area contributed by atoms with Crippen LogP contribution in [0.15, 0.2) is 48.5 Å². The van der Waals surface area contributed by atoms with E-state index < -0.39 is 0 Å². The van der Waals surface area contributed by atoms with E-state index in [1.54, 1.807) is 50.6 Å². The molecule has 21 heavy (non-hydrogen) atoms. The molecule has 2 aromatic rings. The lowest BCUT2D eigenvalue weighted by atomic mass is 10.1. The van der Waals surface area contributed by atoms with Crippen LogP contribution in [-0.4, -0.2) is 20.0 Å². The van der Waals surface area contributed by atoms with Crippen LogP contribution < -0.4 is 9.47 Å². The Morgan fingerprint density at radius 2 is 1.57 bits per heavy atom. The molecule has 0 aromatic heterocycles. The Morgan fingerprint density at radius 3 is 2.10 bits per heavy atom. The van der Waals surface area contributed by atoms with Crippen molar-refractivity contribution < 1.29 is 14.3 Å². The van der Waals surface area contributed by atoms with Crippen LogP contribution in [0.4, 0.5) is 0 Å². The number of rotatable bonds is 5. The highest BCUT2D eigenvalue weighted by atomic mass is 35.5. The molecule has 0 fully saturated rings. The molecule has 4 heteroatoms. The number of ketones is 1. The minimum Gasteiger partial charge on any atom is -0.497 e. The number of hydrogen-bond donors (Lipinski definition) is 0. The van der Waals surface area contributed by atoms with Gasteiger partial charge in [0.25, 0.3) is 0 Å². The molecule has 0 radical (unpaired) electrons. The summed E-state index contributed by atoms with van der Waals surface area (Å²) < 4.78 is 10.4. The average Bonchev–Trinajstić information content (AvgIpc) is 2.52. The number of methoxy groups -OCH3 is 2. The van der Waals surface area contributed by atoms with E-state index in [-0.39, 0.29) is 5.78 Å². The van der Waals surface area contributed by atoms with Crippen molar-refractivity contribution >= 4 is 23.5 Å². The Bertz CT molecular complexity index is 638. The quantitative estimate of drug-likeness (QED) is 0.612. The van der Waals surface area contributed by atoms with E-state index >= 15 is 0 Å². The standard InChI is InChI=1S/C17H15ClO3/c1-20-15-9-12(10-16(11-15)21-2)3-8-17(19)13-4-6-14(18)7-5-13/h3-11H,1-2H3/b8-3+. The number of ether oxygens (including phenoxy) is 2. The molecule has 108 valence electrons. The molecule has 0 aliphatic rings. The molecule has 3 nitrogen and oxygen atoms in total. The molecule has 0 saturated carbocycles. The maximum Gasteiger partial charge on any atom is 0.185 e. The third-order valence-corrected chi connectivity index (χ3v) is 3.18. The Balaban J connectivity index is 2.20. The SMILES string of the molecule is COc1cc(/C=C/C(=O)c2ccc(Cl)cc2)cc(OC)c1. The van der Waals surface area contributed by atoms with Crippen LogP contribution in [0.25, 0.3) is 6.08 Å². The third kappa shape index (κ3) is 4.10. The second-order valence-corrected chi connectivity index (χ2v) is 4.79. The highest BCUT2D eigenvalue weighted by Gasteiger charge is 2.03. The molecule has 0 atom stereocenters. The van der Waals surface area contributed by atoms with Gasteiger partial charge in [-0.3, -0.25) is 4.79 Å². The van der Waals surface area contributed by atoms with Crippen LogP contribution in [0.1, 0.15) is 15.9 Å². The summed E-state index contributed by atoms with van der Waals surface area (Å²) in [5, 5.41) is 0.605. The molecular weight excluding hydrogens is 288 g/mol. The highest BCUT2D eigenvalue weighted by molar-refractivity contribution is 6.30. The van der Waals surface area contributed by atoms with Crippen molar-refractivity contribution in [2.75, 3.05) is 14.2 Å². The molecule has 2 aromatic carbocycles. The number of hydrogen-bond acceptors (Lipinski definition) is 3. The Morgan fingerprint density at radius 1 is 1.00 bits per heavy atom. The zero-order chi connectivity index (χ0) is 15.2. The van der Waals surface area contributed by atoms with Crippen molar-refractivity contribution in [1.29, 1.82) is 0 Å². The smallest absolute Gasteiger partial charge is 0.185 e. The molecule has 0 unspecified atom stereocenters. The van der Waals surface area contributed by atoms with Crippen molar-refractivity contribution in [2.45, 2.75) is 0 Å². The minimum absolute atomic E-state index is 0.0894. The maximum atomic E-state index is 12.0. The summed E-state index contributed by atoms with van der Waals surface area (Å²) in [6.45, 7) is 0. The predicted octanol–water partition coefficient (Wildman–Crippen LogP) is 4.25. The lowest BCUT2D eigenvalue weighted by Crippen LogP contribution is -1.93. The summed E-state index contributed by atoms with van der Waals surface area (Å²) in [5.41, 5.74) is 1.42.